The van der Waals surface area contributed by atoms with Crippen molar-refractivity contribution in [3.05, 3.63) is 94.5 Å². The molecule has 2 aromatic rings. The minimum absolute atomic E-state index is 0.0579. The Kier molecular flexibility index (Phi) is 10.7. The molecule has 3 amide bonds. The normalized spacial score (nSPS) is 31.6. The Balaban J connectivity index is 1.47. The summed E-state index contributed by atoms with van der Waals surface area (Å²) in [6.07, 6.45) is 4.58. The van der Waals surface area contributed by atoms with Crippen molar-refractivity contribution in [2.45, 2.75) is 68.7 Å². The van der Waals surface area contributed by atoms with Gasteiger partial charge in [0.15, 0.2) is 0 Å². The minimum Gasteiger partial charge on any atom is -0.455 e. The highest BCUT2D eigenvalue weighted by molar-refractivity contribution is 9.11. The monoisotopic (exact) mass is 735 g/mol. The first kappa shape index (κ1) is 35.0. The van der Waals surface area contributed by atoms with Crippen molar-refractivity contribution in [2.24, 2.45) is 11.8 Å². The number of allylic oxidation sites excluding steroid dienone is 1. The maximum absolute atomic E-state index is 14.9. The van der Waals surface area contributed by atoms with Gasteiger partial charge in [0, 0.05) is 31.1 Å². The molecule has 260 valence electrons. The highest BCUT2D eigenvalue weighted by Crippen LogP contribution is 2.59. The molecule has 2 N–H and O–H groups in total. The van der Waals surface area contributed by atoms with Crippen LogP contribution in [0.4, 0.5) is 0 Å². The lowest BCUT2D eigenvalue weighted by atomic mass is 9.74. The molecule has 49 heavy (non-hydrogen) atoms. The van der Waals surface area contributed by atoms with Crippen LogP contribution in [-0.4, -0.2) is 95.3 Å². The molecule has 0 radical (unpaired) electrons. The van der Waals surface area contributed by atoms with Gasteiger partial charge in [-0.3, -0.25) is 19.2 Å². The number of amides is 3. The second-order valence-corrected chi connectivity index (χ2v) is 13.8. The van der Waals surface area contributed by atoms with Gasteiger partial charge >= 0.3 is 5.97 Å². The molecular weight excluding hydrogens is 694 g/mol. The Morgan fingerprint density at radius 1 is 1.02 bits per heavy atom. The van der Waals surface area contributed by atoms with Crippen LogP contribution >= 0.6 is 15.9 Å². The number of halogens is 1. The third-order valence-corrected chi connectivity index (χ3v) is 10.6. The lowest BCUT2D eigenvalue weighted by Gasteiger charge is -2.38. The van der Waals surface area contributed by atoms with E-state index in [2.05, 4.69) is 21.2 Å². The summed E-state index contributed by atoms with van der Waals surface area (Å²) in [6.45, 7) is 1.98. The molecule has 4 aliphatic heterocycles. The summed E-state index contributed by atoms with van der Waals surface area (Å²) in [4.78, 5) is 60.3. The number of likely N-dealkylation sites (tertiary alicyclic amines) is 1. The topological polar surface area (TPSA) is 135 Å². The van der Waals surface area contributed by atoms with Crippen LogP contribution in [-0.2, 0) is 39.9 Å². The largest absolute Gasteiger partial charge is 0.455 e. The number of cyclic esters (lactones) is 1. The number of methoxy groups -OCH3 is 1. The van der Waals surface area contributed by atoms with E-state index in [0.29, 0.717) is 22.9 Å². The number of benzene rings is 2. The predicted octanol–water partition coefficient (Wildman–Crippen LogP) is 3.43. The maximum Gasteiger partial charge on any atom is 0.313 e. The van der Waals surface area contributed by atoms with Gasteiger partial charge < -0.3 is 34.4 Å². The highest BCUT2D eigenvalue weighted by Gasteiger charge is 2.75. The first-order chi connectivity index (χ1) is 23.7. The van der Waals surface area contributed by atoms with Crippen molar-refractivity contribution in [1.82, 2.24) is 15.1 Å². The molecule has 0 aliphatic carbocycles. The molecule has 6 rings (SSSR count). The van der Waals surface area contributed by atoms with Crippen LogP contribution in [0.3, 0.4) is 0 Å². The summed E-state index contributed by atoms with van der Waals surface area (Å²) < 4.78 is 18.9. The molecule has 1 spiro atoms. The zero-order valence-electron chi connectivity index (χ0n) is 27.6. The Hall–Kier alpha value is -3.84. The van der Waals surface area contributed by atoms with E-state index in [1.165, 1.54) is 12.0 Å². The SMILES string of the molecule is CC[C@@H](CO)N1C(=O)[C@@H]2[C@H]3C(=O)O[C@@H](c4ccccc4)[C@H](COC)NC(=O)CC/C=C\CN(Cc4ccccc4)C(=O)[C@@H]1[C@]21C=C(Br)[C@H]3O1. The van der Waals surface area contributed by atoms with Crippen LogP contribution in [0.15, 0.2) is 83.4 Å². The molecule has 2 fully saturated rings. The molecule has 4 aliphatic rings. The number of rotatable bonds is 8. The summed E-state index contributed by atoms with van der Waals surface area (Å²) in [5.74, 6) is -3.96. The fourth-order valence-electron chi connectivity index (χ4n) is 7.65. The fourth-order valence-corrected chi connectivity index (χ4v) is 8.38. The van der Waals surface area contributed by atoms with Crippen molar-refractivity contribution in [3.63, 3.8) is 0 Å². The van der Waals surface area contributed by atoms with E-state index in [1.807, 2.05) is 67.6 Å². The van der Waals surface area contributed by atoms with Gasteiger partial charge in [0.1, 0.15) is 29.8 Å². The molecule has 2 aromatic carbocycles. The summed E-state index contributed by atoms with van der Waals surface area (Å²) in [5.41, 5.74) is 0.0400. The predicted molar refractivity (Wildman–Crippen MR) is 183 cm³/mol. The van der Waals surface area contributed by atoms with Crippen LogP contribution < -0.4 is 5.32 Å². The molecule has 12 heteroatoms. The third-order valence-electron chi connectivity index (χ3n) is 9.93. The number of esters is 1. The first-order valence-corrected chi connectivity index (χ1v) is 17.5. The second kappa shape index (κ2) is 15.0. The molecule has 0 unspecified atom stereocenters. The number of nitrogens with zero attached hydrogens (tertiary/aromatic N) is 2. The van der Waals surface area contributed by atoms with E-state index in [4.69, 9.17) is 14.2 Å². The van der Waals surface area contributed by atoms with Crippen molar-refractivity contribution in [3.8, 4) is 0 Å². The molecule has 2 saturated heterocycles. The molecule has 5 bridgehead atoms. The molecule has 8 atom stereocenters. The number of ether oxygens (including phenoxy) is 3. The second-order valence-electron chi connectivity index (χ2n) is 12.9. The number of aliphatic hydroxyl groups excluding tert-OH is 1. The highest BCUT2D eigenvalue weighted by atomic mass is 79.9. The maximum atomic E-state index is 14.9. The van der Waals surface area contributed by atoms with Gasteiger partial charge in [0.2, 0.25) is 17.7 Å². The van der Waals surface area contributed by atoms with E-state index in [-0.39, 0.29) is 44.5 Å². The van der Waals surface area contributed by atoms with Crippen LogP contribution in [0.2, 0.25) is 0 Å². The van der Waals surface area contributed by atoms with Crippen LogP contribution in [0.1, 0.15) is 43.4 Å². The number of fused-ring (bicyclic) bond motifs is 2. The Labute approximate surface area is 294 Å². The van der Waals surface area contributed by atoms with Gasteiger partial charge in [0.05, 0.1) is 31.2 Å². The number of hydrogen-bond donors (Lipinski definition) is 2. The van der Waals surface area contributed by atoms with E-state index in [0.717, 1.165) is 5.56 Å². The van der Waals surface area contributed by atoms with E-state index < -0.39 is 59.6 Å². The Morgan fingerprint density at radius 3 is 2.41 bits per heavy atom. The number of carbonyl (C=O) groups is 4. The number of aliphatic hydroxyl groups is 1. The summed E-state index contributed by atoms with van der Waals surface area (Å²) in [5, 5.41) is 13.5. The van der Waals surface area contributed by atoms with E-state index >= 15 is 0 Å². The summed E-state index contributed by atoms with van der Waals surface area (Å²) >= 11 is 3.60. The third kappa shape index (κ3) is 6.59. The molecule has 4 heterocycles. The molecular formula is C37H42BrN3O8. The number of hydrogen-bond acceptors (Lipinski definition) is 8. The zero-order valence-corrected chi connectivity index (χ0v) is 29.2. The average molecular weight is 737 g/mol. The molecule has 0 saturated carbocycles. The Morgan fingerprint density at radius 2 is 1.73 bits per heavy atom. The van der Waals surface area contributed by atoms with Gasteiger partial charge in [0.25, 0.3) is 0 Å². The lowest BCUT2D eigenvalue weighted by Crippen LogP contribution is -2.58. The number of carbonyl (C=O) groups excluding carboxylic acids is 4. The van der Waals surface area contributed by atoms with Crippen molar-refractivity contribution in [1.29, 1.82) is 0 Å². The smallest absolute Gasteiger partial charge is 0.313 e. The number of nitrogens with one attached hydrogen (secondary N) is 1. The van der Waals surface area contributed by atoms with Gasteiger partial charge in [-0.1, -0.05) is 95.7 Å². The van der Waals surface area contributed by atoms with Crippen molar-refractivity contribution >= 4 is 39.6 Å². The van der Waals surface area contributed by atoms with Crippen LogP contribution in [0, 0.1) is 11.8 Å². The Bertz CT molecular complexity index is 1600. The van der Waals surface area contributed by atoms with E-state index in [9.17, 15) is 24.3 Å². The average Bonchev–Trinajstić information content (AvgIpc) is 3.70. The zero-order chi connectivity index (χ0) is 34.7. The molecule has 0 aromatic heterocycles. The van der Waals surface area contributed by atoms with Gasteiger partial charge in [-0.15, -0.1) is 0 Å². The van der Waals surface area contributed by atoms with Crippen molar-refractivity contribution < 1.29 is 38.5 Å². The van der Waals surface area contributed by atoms with Crippen LogP contribution in [0.5, 0.6) is 0 Å². The van der Waals surface area contributed by atoms with Crippen molar-refractivity contribution in [2.75, 3.05) is 26.9 Å². The fraction of sp³-hybridized carbons (Fsp3) is 0.459. The minimum atomic E-state index is -1.49. The molecule has 11 nitrogen and oxygen atoms in total. The summed E-state index contributed by atoms with van der Waals surface area (Å²) in [6, 6.07) is 16.0. The quantitative estimate of drug-likeness (QED) is 0.311. The standard InChI is InChI=1S/C37H42BrN3O8/c1-3-25(21-42)41-33-35(45)40(20-23-13-7-4-8-14-23)18-12-6-11-17-28(43)39-27(22-47-2)31(24-15-9-5-10-16-24)48-36(46)29-30(34(41)44)37(33)19-26(38)32(29)49-37/h4-10,12-16,19,25,27,29-33,42H,3,11,17-18,20-22H2,1-2H3,(H,39,43)/b12-6-/t25-,27-,29+,30-,31-,32+,33+,37-/m0/s1. The summed E-state index contributed by atoms with van der Waals surface area (Å²) in [7, 11) is 1.51. The van der Waals surface area contributed by atoms with E-state index in [1.54, 1.807) is 23.1 Å². The van der Waals surface area contributed by atoms with Crippen LogP contribution in [0.25, 0.3) is 0 Å². The van der Waals surface area contributed by atoms with Gasteiger partial charge in [-0.05, 0) is 30.0 Å². The van der Waals surface area contributed by atoms with Gasteiger partial charge in [-0.2, -0.15) is 0 Å². The van der Waals surface area contributed by atoms with Gasteiger partial charge in [-0.25, -0.2) is 0 Å². The first-order valence-electron chi connectivity index (χ1n) is 16.7. The lowest BCUT2D eigenvalue weighted by molar-refractivity contribution is -0.163.